The Morgan fingerprint density at radius 2 is 1.89 bits per heavy atom. The van der Waals surface area contributed by atoms with E-state index in [1.807, 2.05) is 0 Å². The van der Waals surface area contributed by atoms with Gasteiger partial charge in [0.2, 0.25) is 0 Å². The summed E-state index contributed by atoms with van der Waals surface area (Å²) in [7, 11) is 0. The van der Waals surface area contributed by atoms with Crippen LogP contribution >= 0.6 is 24.0 Å². The summed E-state index contributed by atoms with van der Waals surface area (Å²) in [6.45, 7) is 15.8. The molecule has 1 atom stereocenters. The highest BCUT2D eigenvalue weighted by atomic mass is 127. The van der Waals surface area contributed by atoms with E-state index in [9.17, 15) is 5.11 Å². The first-order valence-corrected chi connectivity index (χ1v) is 10.6. The molecule has 0 saturated carbocycles. The van der Waals surface area contributed by atoms with E-state index in [-0.39, 0.29) is 36.0 Å². The van der Waals surface area contributed by atoms with Gasteiger partial charge >= 0.3 is 0 Å². The number of morpholine rings is 1. The largest absolute Gasteiger partial charge is 0.396 e. The lowest BCUT2D eigenvalue weighted by Crippen LogP contribution is -2.43. The lowest BCUT2D eigenvalue weighted by atomic mass is 9.79. The topological polar surface area (TPSA) is 60.3 Å². The fraction of sp³-hybridized carbons (Fsp3) is 0.950. The molecule has 0 amide bonds. The molecule has 0 aromatic rings. The molecule has 160 valence electrons. The van der Waals surface area contributed by atoms with Crippen molar-refractivity contribution >= 4 is 29.9 Å². The summed E-state index contributed by atoms with van der Waals surface area (Å²) in [5.41, 5.74) is 0.127. The lowest BCUT2D eigenvalue weighted by Gasteiger charge is -2.31. The number of hydrogen-bond donors (Lipinski definition) is 2. The molecule has 2 saturated heterocycles. The van der Waals surface area contributed by atoms with Gasteiger partial charge in [-0.25, -0.2) is 0 Å². The van der Waals surface area contributed by atoms with Gasteiger partial charge < -0.3 is 20.1 Å². The van der Waals surface area contributed by atoms with Crippen molar-refractivity contribution in [1.82, 2.24) is 15.1 Å². The SMILES string of the molecule is CCNC(=NCC(CC)(CC)CCO)N1CCC(CN2CCOCC2)C1.I. The van der Waals surface area contributed by atoms with Crippen LogP contribution in [0.25, 0.3) is 0 Å². The zero-order valence-corrected chi connectivity index (χ0v) is 19.9. The Labute approximate surface area is 183 Å². The van der Waals surface area contributed by atoms with E-state index >= 15 is 0 Å². The smallest absolute Gasteiger partial charge is 0.193 e. The second kappa shape index (κ2) is 13.2. The number of likely N-dealkylation sites (tertiary alicyclic amines) is 1. The number of aliphatic imine (C=N–C) groups is 1. The Kier molecular flexibility index (Phi) is 12.2. The van der Waals surface area contributed by atoms with Crippen LogP contribution in [0.15, 0.2) is 4.99 Å². The first-order chi connectivity index (χ1) is 12.7. The third kappa shape index (κ3) is 7.66. The predicted molar refractivity (Wildman–Crippen MR) is 123 cm³/mol. The Hall–Kier alpha value is -0.120. The van der Waals surface area contributed by atoms with Gasteiger partial charge in [-0.1, -0.05) is 13.8 Å². The van der Waals surface area contributed by atoms with E-state index in [0.717, 1.165) is 83.6 Å². The predicted octanol–water partition coefficient (Wildman–Crippen LogP) is 2.41. The maximum Gasteiger partial charge on any atom is 0.193 e. The average Bonchev–Trinajstić information content (AvgIpc) is 3.13. The molecule has 0 aliphatic carbocycles. The molecule has 1 unspecified atom stereocenters. The Bertz CT molecular complexity index is 426. The van der Waals surface area contributed by atoms with E-state index in [1.54, 1.807) is 0 Å². The monoisotopic (exact) mass is 496 g/mol. The number of guanidine groups is 1. The molecule has 2 aliphatic rings. The molecular weight excluding hydrogens is 455 g/mol. The van der Waals surface area contributed by atoms with Gasteiger partial charge in [-0.2, -0.15) is 0 Å². The van der Waals surface area contributed by atoms with Crippen LogP contribution in [0.3, 0.4) is 0 Å². The van der Waals surface area contributed by atoms with Gasteiger partial charge in [0, 0.05) is 52.4 Å². The number of aliphatic hydroxyl groups excluding tert-OH is 1. The second-order valence-corrected chi connectivity index (χ2v) is 7.86. The summed E-state index contributed by atoms with van der Waals surface area (Å²) >= 11 is 0. The fourth-order valence-corrected chi connectivity index (χ4v) is 4.13. The van der Waals surface area contributed by atoms with Crippen molar-refractivity contribution in [3.8, 4) is 0 Å². The average molecular weight is 496 g/mol. The number of hydrogen-bond acceptors (Lipinski definition) is 4. The maximum atomic E-state index is 9.45. The van der Waals surface area contributed by atoms with E-state index in [0.29, 0.717) is 0 Å². The molecule has 27 heavy (non-hydrogen) atoms. The molecule has 2 rings (SSSR count). The summed E-state index contributed by atoms with van der Waals surface area (Å²) < 4.78 is 5.46. The van der Waals surface area contributed by atoms with Crippen LogP contribution in [0.4, 0.5) is 0 Å². The van der Waals surface area contributed by atoms with E-state index in [1.165, 1.54) is 13.0 Å². The molecule has 0 bridgehead atoms. The fourth-order valence-electron chi connectivity index (χ4n) is 4.13. The number of rotatable bonds is 9. The molecule has 0 radical (unpaired) electrons. The molecule has 2 aliphatic heterocycles. The van der Waals surface area contributed by atoms with Crippen molar-refractivity contribution in [2.75, 3.05) is 65.6 Å². The minimum atomic E-state index is 0. The standard InChI is InChI=1S/C20H40N4O2.HI/c1-4-20(5-2,8-12-25)17-22-19(21-6-3)24-9-7-18(16-24)15-23-10-13-26-14-11-23;/h18,25H,4-17H2,1-3H3,(H,21,22);1H. The zero-order chi connectivity index (χ0) is 18.8. The highest BCUT2D eigenvalue weighted by molar-refractivity contribution is 14.0. The van der Waals surface area contributed by atoms with Crippen molar-refractivity contribution in [1.29, 1.82) is 0 Å². The van der Waals surface area contributed by atoms with Crippen molar-refractivity contribution < 1.29 is 9.84 Å². The van der Waals surface area contributed by atoms with Gasteiger partial charge in [0.1, 0.15) is 0 Å². The Morgan fingerprint density at radius 3 is 2.48 bits per heavy atom. The number of nitrogens with zero attached hydrogens (tertiary/aromatic N) is 3. The Morgan fingerprint density at radius 1 is 1.19 bits per heavy atom. The van der Waals surface area contributed by atoms with Crippen molar-refractivity contribution in [3.63, 3.8) is 0 Å². The van der Waals surface area contributed by atoms with Gasteiger partial charge in [-0.15, -0.1) is 24.0 Å². The number of aliphatic hydroxyl groups is 1. The van der Waals surface area contributed by atoms with Gasteiger partial charge in [-0.05, 0) is 43.9 Å². The first kappa shape index (κ1) is 24.9. The van der Waals surface area contributed by atoms with Crippen LogP contribution in [0, 0.1) is 11.3 Å². The van der Waals surface area contributed by atoms with E-state index < -0.39 is 0 Å². The van der Waals surface area contributed by atoms with Crippen LogP contribution in [0.1, 0.15) is 46.5 Å². The van der Waals surface area contributed by atoms with Crippen LogP contribution in [-0.2, 0) is 4.74 Å². The molecule has 0 aromatic heterocycles. The molecule has 2 N–H and O–H groups in total. The molecule has 2 fully saturated rings. The first-order valence-electron chi connectivity index (χ1n) is 10.6. The minimum absolute atomic E-state index is 0. The summed E-state index contributed by atoms with van der Waals surface area (Å²) in [6, 6.07) is 0. The maximum absolute atomic E-state index is 9.45. The molecular formula is C20H41IN4O2. The second-order valence-electron chi connectivity index (χ2n) is 7.86. The van der Waals surface area contributed by atoms with Crippen molar-refractivity contribution in [3.05, 3.63) is 0 Å². The lowest BCUT2D eigenvalue weighted by molar-refractivity contribution is 0.0315. The van der Waals surface area contributed by atoms with E-state index in [4.69, 9.17) is 9.73 Å². The summed E-state index contributed by atoms with van der Waals surface area (Å²) in [5.74, 6) is 1.78. The summed E-state index contributed by atoms with van der Waals surface area (Å²) in [6.07, 6.45) is 4.20. The van der Waals surface area contributed by atoms with E-state index in [2.05, 4.69) is 35.9 Å². The van der Waals surface area contributed by atoms with Gasteiger partial charge in [0.15, 0.2) is 5.96 Å². The Balaban J connectivity index is 0.00000364. The third-order valence-electron chi connectivity index (χ3n) is 6.25. The summed E-state index contributed by atoms with van der Waals surface area (Å²) in [4.78, 5) is 9.97. The van der Waals surface area contributed by atoms with Crippen LogP contribution in [-0.4, -0.2) is 86.5 Å². The minimum Gasteiger partial charge on any atom is -0.396 e. The highest BCUT2D eigenvalue weighted by Crippen LogP contribution is 2.31. The number of halogens is 1. The quantitative estimate of drug-likeness (QED) is 0.292. The number of nitrogens with one attached hydrogen (secondary N) is 1. The molecule has 6 nitrogen and oxygen atoms in total. The van der Waals surface area contributed by atoms with Crippen LogP contribution in [0.2, 0.25) is 0 Å². The molecule has 2 heterocycles. The molecule has 7 heteroatoms. The van der Waals surface area contributed by atoms with Crippen molar-refractivity contribution in [2.24, 2.45) is 16.3 Å². The van der Waals surface area contributed by atoms with Gasteiger partial charge in [-0.3, -0.25) is 9.89 Å². The molecule has 0 spiro atoms. The molecule has 0 aromatic carbocycles. The number of ether oxygens (including phenoxy) is 1. The zero-order valence-electron chi connectivity index (χ0n) is 17.6. The van der Waals surface area contributed by atoms with Gasteiger partial charge in [0.05, 0.1) is 13.2 Å². The van der Waals surface area contributed by atoms with Crippen LogP contribution < -0.4 is 5.32 Å². The van der Waals surface area contributed by atoms with Gasteiger partial charge in [0.25, 0.3) is 0 Å². The van der Waals surface area contributed by atoms with Crippen LogP contribution in [0.5, 0.6) is 0 Å². The normalized spacial score (nSPS) is 22.0. The summed E-state index contributed by atoms with van der Waals surface area (Å²) in [5, 5.41) is 12.9. The third-order valence-corrected chi connectivity index (χ3v) is 6.25. The highest BCUT2D eigenvalue weighted by Gasteiger charge is 2.29. The van der Waals surface area contributed by atoms with Crippen molar-refractivity contribution in [2.45, 2.75) is 46.5 Å².